The summed E-state index contributed by atoms with van der Waals surface area (Å²) < 4.78 is 5.61. The number of carbonyl (C=O) groups is 1. The molecule has 0 atom stereocenters. The minimum Gasteiger partial charge on any atom is -0.492 e. The lowest BCUT2D eigenvalue weighted by atomic mass is 10.2. The van der Waals surface area contributed by atoms with E-state index in [9.17, 15) is 4.79 Å². The van der Waals surface area contributed by atoms with Crippen LogP contribution in [0.15, 0.2) is 24.3 Å². The Kier molecular flexibility index (Phi) is 5.63. The lowest BCUT2D eigenvalue weighted by Gasteiger charge is -2.05. The largest absolute Gasteiger partial charge is 0.492 e. The van der Waals surface area contributed by atoms with Crippen LogP contribution in [0, 0.1) is 0 Å². The summed E-state index contributed by atoms with van der Waals surface area (Å²) in [5.41, 5.74) is 1.02. The van der Waals surface area contributed by atoms with Gasteiger partial charge in [0.1, 0.15) is 12.4 Å². The second-order valence-corrected chi connectivity index (χ2v) is 4.33. The SMILES string of the molecule is CNCCOc1ccc(CC(=O)I)cc1. The Morgan fingerprint density at radius 3 is 2.60 bits per heavy atom. The van der Waals surface area contributed by atoms with Gasteiger partial charge in [-0.2, -0.15) is 0 Å². The van der Waals surface area contributed by atoms with Crippen molar-refractivity contribution in [1.82, 2.24) is 5.32 Å². The van der Waals surface area contributed by atoms with Crippen LogP contribution in [0.2, 0.25) is 0 Å². The summed E-state index contributed by atoms with van der Waals surface area (Å²) in [6.07, 6.45) is 0.483. The third-order valence-corrected chi connectivity index (χ3v) is 2.27. The van der Waals surface area contributed by atoms with Crippen molar-refractivity contribution in [3.05, 3.63) is 29.8 Å². The zero-order valence-corrected chi connectivity index (χ0v) is 10.8. The van der Waals surface area contributed by atoms with Crippen LogP contribution in [0.4, 0.5) is 0 Å². The quantitative estimate of drug-likeness (QED) is 0.494. The molecule has 3 nitrogen and oxygen atoms in total. The van der Waals surface area contributed by atoms with Crippen molar-refractivity contribution in [1.29, 1.82) is 0 Å². The topological polar surface area (TPSA) is 38.3 Å². The molecule has 0 aliphatic rings. The van der Waals surface area contributed by atoms with Crippen LogP contribution in [-0.4, -0.2) is 24.0 Å². The van der Waals surface area contributed by atoms with Crippen LogP contribution in [-0.2, 0) is 11.2 Å². The van der Waals surface area contributed by atoms with Crippen molar-refractivity contribution in [2.24, 2.45) is 0 Å². The average molecular weight is 319 g/mol. The highest BCUT2D eigenvalue weighted by atomic mass is 127. The van der Waals surface area contributed by atoms with E-state index in [1.165, 1.54) is 0 Å². The molecule has 0 fully saturated rings. The molecule has 0 saturated carbocycles. The standard InChI is InChI=1S/C11H14INO2/c1-13-6-7-15-10-4-2-9(3-5-10)8-11(12)14/h2-5,13H,6-8H2,1H3. The number of hydrogen-bond acceptors (Lipinski definition) is 3. The minimum atomic E-state index is 0.149. The number of carbonyl (C=O) groups excluding carboxylic acids is 1. The van der Waals surface area contributed by atoms with E-state index in [1.54, 1.807) is 22.6 Å². The molecular weight excluding hydrogens is 305 g/mol. The van der Waals surface area contributed by atoms with E-state index in [4.69, 9.17) is 4.74 Å². The van der Waals surface area contributed by atoms with Crippen LogP contribution < -0.4 is 10.1 Å². The first-order chi connectivity index (χ1) is 7.22. The Hall–Kier alpha value is -0.620. The predicted octanol–water partition coefficient (Wildman–Crippen LogP) is 1.79. The zero-order chi connectivity index (χ0) is 11.1. The Bertz CT molecular complexity index is 311. The van der Waals surface area contributed by atoms with Crippen molar-refractivity contribution in [3.63, 3.8) is 0 Å². The van der Waals surface area contributed by atoms with Gasteiger partial charge < -0.3 is 10.1 Å². The fourth-order valence-corrected chi connectivity index (χ4v) is 1.58. The molecule has 1 N–H and O–H groups in total. The van der Waals surface area contributed by atoms with Crippen molar-refractivity contribution in [3.8, 4) is 5.75 Å². The van der Waals surface area contributed by atoms with Crippen LogP contribution in [0.5, 0.6) is 5.75 Å². The zero-order valence-electron chi connectivity index (χ0n) is 8.63. The minimum absolute atomic E-state index is 0.149. The van der Waals surface area contributed by atoms with Crippen LogP contribution in [0.3, 0.4) is 0 Å². The molecule has 0 amide bonds. The van der Waals surface area contributed by atoms with Gasteiger partial charge in [-0.05, 0) is 47.3 Å². The summed E-state index contributed by atoms with van der Waals surface area (Å²) in [7, 11) is 1.89. The highest BCUT2D eigenvalue weighted by Crippen LogP contribution is 2.13. The number of halogens is 1. The van der Waals surface area contributed by atoms with Crippen molar-refractivity contribution in [2.45, 2.75) is 6.42 Å². The maximum atomic E-state index is 10.9. The lowest BCUT2D eigenvalue weighted by molar-refractivity contribution is -0.108. The molecule has 0 bridgehead atoms. The first kappa shape index (κ1) is 12.4. The van der Waals surface area contributed by atoms with Gasteiger partial charge in [0.15, 0.2) is 3.79 Å². The van der Waals surface area contributed by atoms with Crippen molar-refractivity contribution < 1.29 is 9.53 Å². The molecule has 15 heavy (non-hydrogen) atoms. The van der Waals surface area contributed by atoms with Gasteiger partial charge in [0.2, 0.25) is 0 Å². The first-order valence-corrected chi connectivity index (χ1v) is 5.85. The third-order valence-electron chi connectivity index (χ3n) is 1.89. The third kappa shape index (κ3) is 5.13. The molecule has 1 aromatic carbocycles. The van der Waals surface area contributed by atoms with E-state index in [0.29, 0.717) is 13.0 Å². The van der Waals surface area contributed by atoms with E-state index in [-0.39, 0.29) is 3.79 Å². The van der Waals surface area contributed by atoms with Gasteiger partial charge in [-0.15, -0.1) is 0 Å². The van der Waals surface area contributed by atoms with Gasteiger partial charge in [-0.3, -0.25) is 4.79 Å². The fourth-order valence-electron chi connectivity index (χ4n) is 1.13. The Morgan fingerprint density at radius 1 is 1.40 bits per heavy atom. The summed E-state index contributed by atoms with van der Waals surface area (Å²) in [5, 5.41) is 3.00. The van der Waals surface area contributed by atoms with Crippen LogP contribution >= 0.6 is 22.6 Å². The summed E-state index contributed by atoms with van der Waals surface area (Å²) in [4.78, 5) is 10.9. The van der Waals surface area contributed by atoms with E-state index >= 15 is 0 Å². The van der Waals surface area contributed by atoms with Gasteiger partial charge >= 0.3 is 0 Å². The predicted molar refractivity (Wildman–Crippen MR) is 68.6 cm³/mol. The van der Waals surface area contributed by atoms with Crippen LogP contribution in [0.25, 0.3) is 0 Å². The molecule has 0 aromatic heterocycles. The summed E-state index contributed by atoms with van der Waals surface area (Å²) in [5.74, 6) is 0.843. The van der Waals surface area contributed by atoms with Gasteiger partial charge in [-0.1, -0.05) is 12.1 Å². The van der Waals surface area contributed by atoms with Gasteiger partial charge in [-0.25, -0.2) is 0 Å². The maximum absolute atomic E-state index is 10.9. The molecule has 82 valence electrons. The first-order valence-electron chi connectivity index (χ1n) is 4.77. The molecular formula is C11H14INO2. The molecule has 0 aliphatic heterocycles. The molecule has 0 spiro atoms. The maximum Gasteiger partial charge on any atom is 0.196 e. The summed E-state index contributed by atoms with van der Waals surface area (Å²) >= 11 is 1.80. The molecule has 0 heterocycles. The van der Waals surface area contributed by atoms with E-state index < -0.39 is 0 Å². The summed E-state index contributed by atoms with van der Waals surface area (Å²) in [6.45, 7) is 1.48. The fraction of sp³-hybridized carbons (Fsp3) is 0.364. The molecule has 4 heteroatoms. The Balaban J connectivity index is 2.45. The van der Waals surface area contributed by atoms with E-state index in [2.05, 4.69) is 5.32 Å². The average Bonchev–Trinajstić information content (AvgIpc) is 2.20. The van der Waals surface area contributed by atoms with Gasteiger partial charge in [0.05, 0.1) is 0 Å². The number of hydrogen-bond donors (Lipinski definition) is 1. The Morgan fingerprint density at radius 2 is 2.07 bits per heavy atom. The Labute approximate surface area is 103 Å². The number of likely N-dealkylation sites (N-methyl/N-ethyl adjacent to an activating group) is 1. The number of ether oxygens (including phenoxy) is 1. The highest BCUT2D eigenvalue weighted by Gasteiger charge is 1.99. The van der Waals surface area contributed by atoms with Gasteiger partial charge in [0.25, 0.3) is 0 Å². The van der Waals surface area contributed by atoms with Gasteiger partial charge in [0, 0.05) is 13.0 Å². The highest BCUT2D eigenvalue weighted by molar-refractivity contribution is 14.1. The normalized spacial score (nSPS) is 10.0. The smallest absolute Gasteiger partial charge is 0.196 e. The molecule has 0 radical (unpaired) electrons. The molecule has 0 aliphatic carbocycles. The van der Waals surface area contributed by atoms with Crippen molar-refractivity contribution in [2.75, 3.05) is 20.2 Å². The molecule has 1 rings (SSSR count). The van der Waals surface area contributed by atoms with Crippen LogP contribution in [0.1, 0.15) is 5.56 Å². The monoisotopic (exact) mass is 319 g/mol. The summed E-state index contributed by atoms with van der Waals surface area (Å²) in [6, 6.07) is 7.63. The second kappa shape index (κ2) is 6.79. The van der Waals surface area contributed by atoms with Crippen molar-refractivity contribution >= 4 is 26.4 Å². The molecule has 1 aromatic rings. The number of benzene rings is 1. The number of nitrogens with one attached hydrogen (secondary N) is 1. The van der Waals surface area contributed by atoms with E-state index in [1.807, 2.05) is 31.3 Å². The second-order valence-electron chi connectivity index (χ2n) is 3.13. The number of rotatable bonds is 6. The van der Waals surface area contributed by atoms with E-state index in [0.717, 1.165) is 17.9 Å². The molecule has 0 saturated heterocycles. The molecule has 0 unspecified atom stereocenters. The lowest BCUT2D eigenvalue weighted by Crippen LogP contribution is -2.15.